The molecule has 0 fully saturated rings. The van der Waals surface area contributed by atoms with Gasteiger partial charge in [0.25, 0.3) is 0 Å². The molecule has 1 aromatic carbocycles. The van der Waals surface area contributed by atoms with Crippen LogP contribution in [0.2, 0.25) is 0 Å². The van der Waals surface area contributed by atoms with E-state index in [9.17, 15) is 8.42 Å². The molecule has 0 radical (unpaired) electrons. The highest BCUT2D eigenvalue weighted by atomic mass is 32.2. The van der Waals surface area contributed by atoms with Crippen LogP contribution in [0.5, 0.6) is 0 Å². The third kappa shape index (κ3) is 1.45. The van der Waals surface area contributed by atoms with Crippen LogP contribution in [0.4, 0.5) is 0 Å². The molecule has 0 saturated heterocycles. The first-order chi connectivity index (χ1) is 8.55. The van der Waals surface area contributed by atoms with E-state index in [1.165, 1.54) is 0 Å². The van der Waals surface area contributed by atoms with Gasteiger partial charge in [0.05, 0.1) is 4.90 Å². The van der Waals surface area contributed by atoms with Gasteiger partial charge in [-0.1, -0.05) is 30.4 Å². The van der Waals surface area contributed by atoms with Gasteiger partial charge in [0.1, 0.15) is 0 Å². The molecule has 1 heterocycles. The second kappa shape index (κ2) is 3.72. The van der Waals surface area contributed by atoms with Crippen molar-refractivity contribution in [2.45, 2.75) is 23.1 Å². The minimum Gasteiger partial charge on any atom is -0.369 e. The Kier molecular flexibility index (Phi) is 2.38. The lowest BCUT2D eigenvalue weighted by molar-refractivity contribution is 0.486. The van der Waals surface area contributed by atoms with Gasteiger partial charge in [-0.2, -0.15) is 0 Å². The lowest BCUT2D eigenvalue weighted by atomic mass is 10.1. The van der Waals surface area contributed by atoms with E-state index in [4.69, 9.17) is 0 Å². The van der Waals surface area contributed by atoms with Crippen LogP contribution >= 0.6 is 0 Å². The summed E-state index contributed by atoms with van der Waals surface area (Å²) in [6.07, 6.45) is 8.09. The van der Waals surface area contributed by atoms with Crippen LogP contribution in [0.1, 0.15) is 12.0 Å². The summed E-state index contributed by atoms with van der Waals surface area (Å²) in [5, 5.41) is 3.03. The fourth-order valence-corrected chi connectivity index (χ4v) is 4.68. The summed E-state index contributed by atoms with van der Waals surface area (Å²) in [4.78, 5) is -0.545. The molecule has 0 spiro atoms. The monoisotopic (exact) mass is 261 g/mol. The van der Waals surface area contributed by atoms with Crippen molar-refractivity contribution in [3.05, 3.63) is 54.3 Å². The minimum atomic E-state index is -3.41. The second-order valence-corrected chi connectivity index (χ2v) is 7.06. The van der Waals surface area contributed by atoms with Crippen LogP contribution in [0.15, 0.2) is 53.6 Å². The topological polar surface area (TPSA) is 46.2 Å². The van der Waals surface area contributed by atoms with Crippen molar-refractivity contribution in [2.24, 2.45) is 5.92 Å². The molecule has 1 aliphatic carbocycles. The van der Waals surface area contributed by atoms with E-state index in [0.717, 1.165) is 5.56 Å². The van der Waals surface area contributed by atoms with Gasteiger partial charge in [-0.3, -0.25) is 0 Å². The minimum absolute atomic E-state index is 0.227. The van der Waals surface area contributed by atoms with Gasteiger partial charge >= 0.3 is 0 Å². The van der Waals surface area contributed by atoms with Gasteiger partial charge in [-0.15, -0.1) is 0 Å². The number of hydrogen-bond acceptors (Lipinski definition) is 3. The molecule has 2 unspecified atom stereocenters. The molecule has 3 nitrogen and oxygen atoms in total. The van der Waals surface area contributed by atoms with E-state index in [-0.39, 0.29) is 5.92 Å². The third-order valence-electron chi connectivity index (χ3n) is 3.69. The average molecular weight is 261 g/mol. The highest BCUT2D eigenvalue weighted by Gasteiger charge is 2.47. The Balaban J connectivity index is 2.15. The largest absolute Gasteiger partial charge is 0.369 e. The lowest BCUT2D eigenvalue weighted by Gasteiger charge is -2.31. The second-order valence-electron chi connectivity index (χ2n) is 4.89. The van der Waals surface area contributed by atoms with Crippen molar-refractivity contribution in [1.82, 2.24) is 5.32 Å². The van der Waals surface area contributed by atoms with E-state index >= 15 is 0 Å². The predicted molar refractivity (Wildman–Crippen MR) is 70.6 cm³/mol. The van der Waals surface area contributed by atoms with E-state index in [1.54, 1.807) is 24.4 Å². The molecule has 3 rings (SSSR count). The standard InChI is InChI=1S/C14H15NO2S/c1-11-4-2-3-5-13(11)18(16,17)14-8-6-12(10-14)7-9-15-14/h2-9,12,15H,10H2,1H3. The Morgan fingerprint density at radius 3 is 2.83 bits per heavy atom. The van der Waals surface area contributed by atoms with Crippen LogP contribution in [-0.2, 0) is 9.84 Å². The smallest absolute Gasteiger partial charge is 0.206 e. The maximum atomic E-state index is 12.8. The number of hydrogen-bond donors (Lipinski definition) is 1. The van der Waals surface area contributed by atoms with Crippen LogP contribution in [-0.4, -0.2) is 13.3 Å². The number of allylic oxidation sites excluding steroid dienone is 2. The Hall–Kier alpha value is -1.55. The van der Waals surface area contributed by atoms with Crippen molar-refractivity contribution in [1.29, 1.82) is 0 Å². The van der Waals surface area contributed by atoms with Crippen molar-refractivity contribution in [2.75, 3.05) is 0 Å². The molecule has 18 heavy (non-hydrogen) atoms. The molecular weight excluding hydrogens is 246 g/mol. The number of rotatable bonds is 2. The summed E-state index contributed by atoms with van der Waals surface area (Å²) in [7, 11) is -3.41. The number of benzene rings is 1. The normalized spacial score (nSPS) is 29.3. The average Bonchev–Trinajstić information content (AvgIpc) is 2.66. The molecule has 2 aliphatic rings. The zero-order valence-corrected chi connectivity index (χ0v) is 10.9. The van der Waals surface area contributed by atoms with Crippen LogP contribution in [0.3, 0.4) is 0 Å². The number of fused-ring (bicyclic) bond motifs is 2. The van der Waals surface area contributed by atoms with Gasteiger partial charge in [0.15, 0.2) is 4.87 Å². The Bertz CT molecular complexity index is 646. The summed E-state index contributed by atoms with van der Waals surface area (Å²) < 4.78 is 25.7. The van der Waals surface area contributed by atoms with E-state index < -0.39 is 14.7 Å². The van der Waals surface area contributed by atoms with Gasteiger partial charge in [0, 0.05) is 5.92 Å². The predicted octanol–water partition coefficient (Wildman–Crippen LogP) is 2.16. The van der Waals surface area contributed by atoms with Crippen LogP contribution in [0.25, 0.3) is 0 Å². The highest BCUT2D eigenvalue weighted by molar-refractivity contribution is 7.93. The van der Waals surface area contributed by atoms with Gasteiger partial charge in [-0.25, -0.2) is 8.42 Å². The maximum absolute atomic E-state index is 12.8. The van der Waals surface area contributed by atoms with Crippen LogP contribution < -0.4 is 5.32 Å². The fourth-order valence-electron chi connectivity index (χ4n) is 2.65. The van der Waals surface area contributed by atoms with E-state index in [2.05, 4.69) is 5.32 Å². The summed E-state index contributed by atoms with van der Waals surface area (Å²) >= 11 is 0. The zero-order chi connectivity index (χ0) is 12.8. The van der Waals surface area contributed by atoms with Crippen molar-refractivity contribution >= 4 is 9.84 Å². The van der Waals surface area contributed by atoms with Gasteiger partial charge < -0.3 is 5.32 Å². The Morgan fingerprint density at radius 1 is 1.28 bits per heavy atom. The number of nitrogens with one attached hydrogen (secondary N) is 1. The van der Waals surface area contributed by atoms with E-state index in [1.807, 2.05) is 31.2 Å². The first kappa shape index (κ1) is 11.5. The lowest BCUT2D eigenvalue weighted by Crippen LogP contribution is -2.48. The number of aryl methyl sites for hydroxylation is 1. The molecule has 0 aromatic heterocycles. The quantitative estimate of drug-likeness (QED) is 0.830. The first-order valence-corrected chi connectivity index (χ1v) is 7.47. The van der Waals surface area contributed by atoms with Crippen molar-refractivity contribution in [3.8, 4) is 0 Å². The molecule has 1 N–H and O–H groups in total. The van der Waals surface area contributed by atoms with Crippen molar-refractivity contribution in [3.63, 3.8) is 0 Å². The molecular formula is C14H15NO2S. The van der Waals surface area contributed by atoms with Crippen molar-refractivity contribution < 1.29 is 8.42 Å². The SMILES string of the molecule is Cc1ccccc1S(=O)(=O)C12C=CC(C=CN1)C2. The Morgan fingerprint density at radius 2 is 2.06 bits per heavy atom. The third-order valence-corrected chi connectivity index (χ3v) is 6.10. The molecule has 0 amide bonds. The molecule has 2 atom stereocenters. The van der Waals surface area contributed by atoms with Gasteiger partial charge in [0.2, 0.25) is 9.84 Å². The molecule has 1 aromatic rings. The number of sulfone groups is 1. The van der Waals surface area contributed by atoms with Crippen LogP contribution in [0, 0.1) is 12.8 Å². The first-order valence-electron chi connectivity index (χ1n) is 5.99. The molecule has 4 heteroatoms. The maximum Gasteiger partial charge on any atom is 0.206 e. The molecule has 1 aliphatic heterocycles. The molecule has 2 bridgehead atoms. The summed E-state index contributed by atoms with van der Waals surface area (Å²) in [6, 6.07) is 7.14. The van der Waals surface area contributed by atoms with Gasteiger partial charge in [-0.05, 0) is 37.3 Å². The fraction of sp³-hybridized carbons (Fsp3) is 0.286. The molecule has 94 valence electrons. The highest BCUT2D eigenvalue weighted by Crippen LogP contribution is 2.39. The van der Waals surface area contributed by atoms with E-state index in [0.29, 0.717) is 11.3 Å². The molecule has 0 saturated carbocycles. The Labute approximate surface area is 107 Å². The summed E-state index contributed by atoms with van der Waals surface area (Å²) in [5.74, 6) is 0.227. The summed E-state index contributed by atoms with van der Waals surface area (Å²) in [6.45, 7) is 1.83. The summed E-state index contributed by atoms with van der Waals surface area (Å²) in [5.41, 5.74) is 0.792. The zero-order valence-electron chi connectivity index (χ0n) is 10.1.